The molecule has 0 aliphatic rings. The summed E-state index contributed by atoms with van der Waals surface area (Å²) in [5.74, 6) is -2.11. The fraction of sp³-hybridized carbons (Fsp3) is 0.205. The standard InChI is InChI=1S/C39H39F2N3O4S/c1-2-28-12-9-13-30(20-28)25-42-26-38(45)37(23-31-21-33(40)24-34(41)22-31)43-39(46)32-16-18-36(19-17-32)49(47,48)44(35-14-7-4-8-15-35)27-29-10-5-3-6-11-29/h3-22,24,37-38,42,45H,2,23,25-27H2,1H3,(H,43,46)/t37-,38-/m0/s1. The Morgan fingerprint density at radius 1 is 0.755 bits per heavy atom. The van der Waals surface area contributed by atoms with E-state index in [1.165, 1.54) is 34.1 Å². The minimum atomic E-state index is -4.04. The molecule has 10 heteroatoms. The molecule has 1 amide bonds. The molecule has 7 nitrogen and oxygen atoms in total. The lowest BCUT2D eigenvalue weighted by Gasteiger charge is -2.26. The molecule has 0 spiro atoms. The molecule has 0 radical (unpaired) electrons. The number of aryl methyl sites for hydroxylation is 1. The van der Waals surface area contributed by atoms with Crippen LogP contribution in [0.1, 0.15) is 39.5 Å². The molecule has 5 rings (SSSR count). The van der Waals surface area contributed by atoms with Gasteiger partial charge in [0.15, 0.2) is 0 Å². The predicted octanol–water partition coefficient (Wildman–Crippen LogP) is 6.41. The van der Waals surface area contributed by atoms with Gasteiger partial charge in [-0.3, -0.25) is 9.10 Å². The Balaban J connectivity index is 1.33. The van der Waals surface area contributed by atoms with Gasteiger partial charge in [-0.15, -0.1) is 0 Å². The Kier molecular flexibility index (Phi) is 11.9. The molecule has 5 aromatic carbocycles. The molecule has 3 N–H and O–H groups in total. The third-order valence-electron chi connectivity index (χ3n) is 8.16. The van der Waals surface area contributed by atoms with E-state index >= 15 is 0 Å². The van der Waals surface area contributed by atoms with E-state index in [-0.39, 0.29) is 35.5 Å². The van der Waals surface area contributed by atoms with Gasteiger partial charge in [0.25, 0.3) is 15.9 Å². The number of rotatable bonds is 15. The van der Waals surface area contributed by atoms with Gasteiger partial charge in [0.2, 0.25) is 0 Å². The number of nitrogens with one attached hydrogen (secondary N) is 2. The van der Waals surface area contributed by atoms with Gasteiger partial charge in [0.1, 0.15) is 11.6 Å². The van der Waals surface area contributed by atoms with Crippen molar-refractivity contribution in [2.24, 2.45) is 0 Å². The van der Waals surface area contributed by atoms with Gasteiger partial charge >= 0.3 is 0 Å². The van der Waals surface area contributed by atoms with Crippen LogP contribution < -0.4 is 14.9 Å². The van der Waals surface area contributed by atoms with Crippen LogP contribution in [0.5, 0.6) is 0 Å². The number of amides is 1. The van der Waals surface area contributed by atoms with E-state index in [4.69, 9.17) is 0 Å². The quantitative estimate of drug-likeness (QED) is 0.118. The third kappa shape index (κ3) is 9.60. The molecule has 0 bridgehead atoms. The van der Waals surface area contributed by atoms with Gasteiger partial charge < -0.3 is 15.7 Å². The van der Waals surface area contributed by atoms with Crippen LogP contribution in [0.4, 0.5) is 14.5 Å². The Hall–Kier alpha value is -4.90. The Labute approximate surface area is 286 Å². The molecular weight excluding hydrogens is 645 g/mol. The molecule has 0 saturated heterocycles. The highest BCUT2D eigenvalue weighted by Gasteiger charge is 2.27. The van der Waals surface area contributed by atoms with Gasteiger partial charge in [0.05, 0.1) is 29.3 Å². The van der Waals surface area contributed by atoms with Gasteiger partial charge in [-0.2, -0.15) is 0 Å². The number of hydrogen-bond acceptors (Lipinski definition) is 5. The predicted molar refractivity (Wildman–Crippen MR) is 188 cm³/mol. The Morgan fingerprint density at radius 3 is 2.02 bits per heavy atom. The van der Waals surface area contributed by atoms with Gasteiger partial charge in [-0.05, 0) is 83.6 Å². The average Bonchev–Trinajstić information content (AvgIpc) is 3.10. The summed E-state index contributed by atoms with van der Waals surface area (Å²) in [5.41, 5.74) is 3.92. The highest BCUT2D eigenvalue weighted by Crippen LogP contribution is 2.26. The van der Waals surface area contributed by atoms with Crippen molar-refractivity contribution in [3.05, 3.63) is 167 Å². The number of anilines is 1. The second-order valence-corrected chi connectivity index (χ2v) is 13.7. The summed E-state index contributed by atoms with van der Waals surface area (Å²) >= 11 is 0. The van der Waals surface area contributed by atoms with Crippen molar-refractivity contribution < 1.29 is 27.1 Å². The van der Waals surface area contributed by atoms with Crippen molar-refractivity contribution in [2.75, 3.05) is 10.8 Å². The number of carbonyl (C=O) groups is 1. The normalized spacial score (nSPS) is 12.7. The maximum atomic E-state index is 14.0. The van der Waals surface area contributed by atoms with E-state index in [1.807, 2.05) is 48.5 Å². The SMILES string of the molecule is CCc1cccc(CNC[C@H](O)[C@H](Cc2cc(F)cc(F)c2)NC(=O)c2ccc(S(=O)(=O)N(Cc3ccccc3)c3ccccc3)cc2)c1. The third-order valence-corrected chi connectivity index (χ3v) is 9.95. The fourth-order valence-electron chi connectivity index (χ4n) is 5.55. The summed E-state index contributed by atoms with van der Waals surface area (Å²) in [7, 11) is -4.04. The zero-order valence-corrected chi connectivity index (χ0v) is 27.9. The van der Waals surface area contributed by atoms with E-state index in [0.717, 1.165) is 35.7 Å². The molecule has 254 valence electrons. The van der Waals surface area contributed by atoms with Crippen LogP contribution in [0.2, 0.25) is 0 Å². The van der Waals surface area contributed by atoms with Crippen molar-refractivity contribution in [2.45, 2.75) is 49.9 Å². The van der Waals surface area contributed by atoms with Crippen molar-refractivity contribution in [3.63, 3.8) is 0 Å². The molecule has 0 unspecified atom stereocenters. The number of aliphatic hydroxyl groups is 1. The summed E-state index contributed by atoms with van der Waals surface area (Å²) in [5, 5.41) is 17.2. The summed E-state index contributed by atoms with van der Waals surface area (Å²) in [6, 6.07) is 33.7. The van der Waals surface area contributed by atoms with Crippen molar-refractivity contribution in [1.82, 2.24) is 10.6 Å². The molecule has 49 heavy (non-hydrogen) atoms. The maximum absolute atomic E-state index is 14.0. The number of aliphatic hydroxyl groups excluding tert-OH is 1. The van der Waals surface area contributed by atoms with E-state index in [1.54, 1.807) is 30.3 Å². The zero-order chi connectivity index (χ0) is 34.8. The summed E-state index contributed by atoms with van der Waals surface area (Å²) < 4.78 is 57.2. The topological polar surface area (TPSA) is 98.7 Å². The first kappa shape index (κ1) is 35.4. The second-order valence-electron chi connectivity index (χ2n) is 11.8. The monoisotopic (exact) mass is 683 g/mol. The van der Waals surface area contributed by atoms with E-state index in [0.29, 0.717) is 12.2 Å². The average molecular weight is 684 g/mol. The molecule has 0 aliphatic heterocycles. The van der Waals surface area contributed by atoms with E-state index in [9.17, 15) is 27.1 Å². The molecule has 0 heterocycles. The summed E-state index contributed by atoms with van der Waals surface area (Å²) in [6.07, 6.45) is -0.283. The zero-order valence-electron chi connectivity index (χ0n) is 27.1. The molecule has 0 saturated carbocycles. The molecule has 0 aromatic heterocycles. The van der Waals surface area contributed by atoms with Crippen LogP contribution in [0.3, 0.4) is 0 Å². The van der Waals surface area contributed by atoms with Crippen molar-refractivity contribution >= 4 is 21.6 Å². The lowest BCUT2D eigenvalue weighted by molar-refractivity contribution is 0.0829. The minimum absolute atomic E-state index is 0.00741. The van der Waals surface area contributed by atoms with Crippen molar-refractivity contribution in [1.29, 1.82) is 0 Å². The summed E-state index contributed by atoms with van der Waals surface area (Å²) in [6.45, 7) is 2.73. The molecule has 0 aliphatic carbocycles. The van der Waals surface area contributed by atoms with Crippen LogP contribution in [-0.2, 0) is 36.0 Å². The highest BCUT2D eigenvalue weighted by atomic mass is 32.2. The number of benzene rings is 5. The van der Waals surface area contributed by atoms with Crippen molar-refractivity contribution in [3.8, 4) is 0 Å². The first-order valence-electron chi connectivity index (χ1n) is 16.1. The number of para-hydroxylation sites is 1. The molecule has 5 aromatic rings. The minimum Gasteiger partial charge on any atom is -0.390 e. The van der Waals surface area contributed by atoms with Crippen LogP contribution in [0.15, 0.2) is 132 Å². The second kappa shape index (κ2) is 16.5. The number of carbonyl (C=O) groups excluding carboxylic acids is 1. The first-order chi connectivity index (χ1) is 23.6. The fourth-order valence-corrected chi connectivity index (χ4v) is 7.00. The highest BCUT2D eigenvalue weighted by molar-refractivity contribution is 7.92. The van der Waals surface area contributed by atoms with Crippen LogP contribution in [-0.4, -0.2) is 38.1 Å². The smallest absolute Gasteiger partial charge is 0.264 e. The maximum Gasteiger partial charge on any atom is 0.264 e. The summed E-state index contributed by atoms with van der Waals surface area (Å²) in [4.78, 5) is 13.4. The lowest BCUT2D eigenvalue weighted by atomic mass is 10.00. The van der Waals surface area contributed by atoms with Crippen LogP contribution >= 0.6 is 0 Å². The van der Waals surface area contributed by atoms with Gasteiger partial charge in [-0.25, -0.2) is 17.2 Å². The number of hydrogen-bond donors (Lipinski definition) is 3. The lowest BCUT2D eigenvalue weighted by Crippen LogP contribution is -2.48. The van der Waals surface area contributed by atoms with Gasteiger partial charge in [-0.1, -0.05) is 79.7 Å². The molecule has 0 fully saturated rings. The number of sulfonamides is 1. The first-order valence-corrected chi connectivity index (χ1v) is 17.5. The van der Waals surface area contributed by atoms with E-state index < -0.39 is 39.7 Å². The molecule has 2 atom stereocenters. The van der Waals surface area contributed by atoms with E-state index in [2.05, 4.69) is 23.6 Å². The Morgan fingerprint density at radius 2 is 1.37 bits per heavy atom. The van der Waals surface area contributed by atoms with Crippen LogP contribution in [0, 0.1) is 11.6 Å². The van der Waals surface area contributed by atoms with Crippen LogP contribution in [0.25, 0.3) is 0 Å². The Bertz CT molecular complexity index is 1920. The number of nitrogens with zero attached hydrogens (tertiary/aromatic N) is 1. The largest absolute Gasteiger partial charge is 0.390 e. The van der Waals surface area contributed by atoms with Gasteiger partial charge in [0, 0.05) is 24.7 Å². The molecular formula is C39H39F2N3O4S. The number of halogens is 2.